The highest BCUT2D eigenvalue weighted by Gasteiger charge is 2.20. The van der Waals surface area contributed by atoms with Gasteiger partial charge in [-0.25, -0.2) is 4.74 Å². The van der Waals surface area contributed by atoms with Crippen LogP contribution in [0.15, 0.2) is 10.8 Å². The molecule has 1 saturated carbocycles. The molecule has 0 aromatic carbocycles. The fraction of sp³-hybridized carbons (Fsp3) is 0.750. The molecule has 0 amide bonds. The maximum absolute atomic E-state index is 10.9. The Morgan fingerprint density at radius 2 is 2.00 bits per heavy atom. The Hall–Kier alpha value is -1.19. The molecule has 1 aliphatic carbocycles. The number of nitrogens with zero attached hydrogens (tertiary/aromatic N) is 1. The van der Waals surface area contributed by atoms with Crippen LogP contribution in [-0.4, -0.2) is 17.8 Å². The van der Waals surface area contributed by atoms with Gasteiger partial charge in [-0.05, 0) is 19.8 Å². The molecule has 1 aromatic heterocycles. The molecule has 0 radical (unpaired) electrons. The Morgan fingerprint density at radius 1 is 1.44 bits per heavy atom. The van der Waals surface area contributed by atoms with Gasteiger partial charge in [0.15, 0.2) is 0 Å². The second-order valence-electron chi connectivity index (χ2n) is 4.22. The third kappa shape index (κ3) is 3.76. The monoisotopic (exact) mass is 227 g/mol. The number of aromatic nitrogens is 1. The van der Waals surface area contributed by atoms with Crippen LogP contribution in [0.2, 0.25) is 0 Å². The average molecular weight is 227 g/mol. The Morgan fingerprint density at radius 3 is 2.31 bits per heavy atom. The van der Waals surface area contributed by atoms with Gasteiger partial charge in [-0.3, -0.25) is 4.79 Å². The maximum Gasteiger partial charge on any atom is 0.308 e. The van der Waals surface area contributed by atoms with E-state index in [0.29, 0.717) is 0 Å². The molecular weight excluding hydrogens is 206 g/mol. The summed E-state index contributed by atoms with van der Waals surface area (Å²) in [6.07, 6.45) is 7.45. The van der Waals surface area contributed by atoms with E-state index in [2.05, 4.69) is 4.74 Å². The first-order chi connectivity index (χ1) is 7.65. The maximum atomic E-state index is 10.9. The number of ether oxygens (including phenoxy) is 1. The molecule has 0 spiro atoms. The van der Waals surface area contributed by atoms with E-state index in [-0.39, 0.29) is 11.9 Å². The van der Waals surface area contributed by atoms with Crippen molar-refractivity contribution in [3.8, 4) is 0 Å². The third-order valence-corrected chi connectivity index (χ3v) is 3.02. The van der Waals surface area contributed by atoms with E-state index >= 15 is 0 Å². The molecule has 0 N–H and O–H groups in total. The van der Waals surface area contributed by atoms with Crippen molar-refractivity contribution in [2.75, 3.05) is 7.11 Å². The number of hydrogen-bond acceptors (Lipinski definition) is 3. The molecule has 1 heterocycles. The molecule has 2 rings (SSSR count). The number of esters is 1. The van der Waals surface area contributed by atoms with Crippen molar-refractivity contribution in [3.63, 3.8) is 0 Å². The lowest BCUT2D eigenvalue weighted by Gasteiger charge is -2.18. The highest BCUT2D eigenvalue weighted by atomic mass is 16.5. The van der Waals surface area contributed by atoms with Gasteiger partial charge < -0.3 is 9.26 Å². The lowest BCUT2D eigenvalue weighted by atomic mass is 9.89. The zero-order valence-electron chi connectivity index (χ0n) is 10.4. The van der Waals surface area contributed by atoms with Gasteiger partial charge in [-0.1, -0.05) is 19.3 Å². The Labute approximate surface area is 96.5 Å². The van der Waals surface area contributed by atoms with Crippen molar-refractivity contribution in [3.05, 3.63) is 12.0 Å². The van der Waals surface area contributed by atoms with Crippen LogP contribution in [0.1, 0.15) is 37.8 Å². The minimum Gasteiger partial charge on any atom is -0.469 e. The molecule has 4 heteroatoms. The third-order valence-electron chi connectivity index (χ3n) is 3.02. The Bertz CT molecular complexity index is 292. The molecular formula is C12H21NO3. The molecule has 0 atom stereocenters. The van der Waals surface area contributed by atoms with Crippen molar-refractivity contribution < 1.29 is 14.1 Å². The highest BCUT2D eigenvalue weighted by Crippen LogP contribution is 2.24. The second kappa shape index (κ2) is 6.40. The zero-order valence-corrected chi connectivity index (χ0v) is 10.4. The summed E-state index contributed by atoms with van der Waals surface area (Å²) in [6.45, 7) is 1.99. The van der Waals surface area contributed by atoms with Gasteiger partial charge in [-0.15, -0.1) is 0 Å². The van der Waals surface area contributed by atoms with E-state index < -0.39 is 0 Å². The lowest BCUT2D eigenvalue weighted by Crippen LogP contribution is -2.18. The van der Waals surface area contributed by atoms with Crippen LogP contribution in [0.4, 0.5) is 0 Å². The first-order valence-electron chi connectivity index (χ1n) is 5.80. The molecule has 16 heavy (non-hydrogen) atoms. The predicted molar refractivity (Wildman–Crippen MR) is 61.0 cm³/mol. The molecule has 0 saturated heterocycles. The van der Waals surface area contributed by atoms with Crippen LogP contribution >= 0.6 is 0 Å². The van der Waals surface area contributed by atoms with Gasteiger partial charge in [0.25, 0.3) is 0 Å². The minimum atomic E-state index is -0.0142. The van der Waals surface area contributed by atoms with Crippen LogP contribution < -0.4 is 0 Å². The zero-order chi connectivity index (χ0) is 12.0. The fourth-order valence-electron chi connectivity index (χ4n) is 1.77. The molecule has 1 fully saturated rings. The molecule has 0 aliphatic heterocycles. The summed E-state index contributed by atoms with van der Waals surface area (Å²) in [5, 5.41) is 0. The summed E-state index contributed by atoms with van der Waals surface area (Å²) < 4.78 is 11.1. The quantitative estimate of drug-likeness (QED) is 0.693. The number of carbonyl (C=O) groups excluding carboxylic acids is 1. The standard InChI is InChI=1S/C8H14O2.C4H7NO/c1-10-8(9)7-5-3-2-4-6-7;1-4-3-6-5(4)2/h7H,2-6H2,1H3;3H,1-2H3. The van der Waals surface area contributed by atoms with E-state index in [0.717, 1.165) is 12.8 Å². The molecule has 1 aromatic rings. The first-order valence-corrected chi connectivity index (χ1v) is 5.80. The fourth-order valence-corrected chi connectivity index (χ4v) is 1.77. The number of carbonyl (C=O) groups is 1. The van der Waals surface area contributed by atoms with Crippen molar-refractivity contribution in [1.29, 1.82) is 0 Å². The number of methoxy groups -OCH3 is 1. The van der Waals surface area contributed by atoms with Crippen molar-refractivity contribution in [2.24, 2.45) is 13.0 Å². The van der Waals surface area contributed by atoms with Gasteiger partial charge in [0.05, 0.1) is 18.7 Å². The van der Waals surface area contributed by atoms with E-state index in [1.807, 2.05) is 14.0 Å². The molecule has 92 valence electrons. The van der Waals surface area contributed by atoms with Gasteiger partial charge in [0.2, 0.25) is 0 Å². The molecule has 1 aliphatic rings. The number of aryl methyl sites for hydroxylation is 2. The van der Waals surface area contributed by atoms with Crippen LogP contribution in [0.25, 0.3) is 0 Å². The smallest absolute Gasteiger partial charge is 0.308 e. The van der Waals surface area contributed by atoms with E-state index in [4.69, 9.17) is 4.52 Å². The summed E-state index contributed by atoms with van der Waals surface area (Å²) in [5.74, 6) is 0.193. The van der Waals surface area contributed by atoms with Crippen LogP contribution in [0, 0.1) is 12.8 Å². The SMILES string of the molecule is COC(=O)C1CCCCC1.Cc1con1C. The molecule has 4 nitrogen and oxygen atoms in total. The summed E-state index contributed by atoms with van der Waals surface area (Å²) in [5.41, 5.74) is 1.18. The lowest BCUT2D eigenvalue weighted by molar-refractivity contribution is -0.146. The molecule has 0 bridgehead atoms. The molecule has 0 unspecified atom stereocenters. The van der Waals surface area contributed by atoms with Crippen molar-refractivity contribution in [1.82, 2.24) is 4.74 Å². The van der Waals surface area contributed by atoms with Crippen LogP contribution in [0.5, 0.6) is 0 Å². The van der Waals surface area contributed by atoms with Crippen molar-refractivity contribution >= 4 is 5.97 Å². The first kappa shape index (κ1) is 12.9. The van der Waals surface area contributed by atoms with E-state index in [1.54, 1.807) is 11.0 Å². The van der Waals surface area contributed by atoms with E-state index in [9.17, 15) is 4.79 Å². The number of rotatable bonds is 1. The predicted octanol–water partition coefficient (Wildman–Crippen LogP) is 2.67. The summed E-state index contributed by atoms with van der Waals surface area (Å²) in [6, 6.07) is 0. The van der Waals surface area contributed by atoms with Gasteiger partial charge >= 0.3 is 5.97 Å². The number of hydrogen-bond donors (Lipinski definition) is 0. The second-order valence-corrected chi connectivity index (χ2v) is 4.22. The summed E-state index contributed by atoms with van der Waals surface area (Å²) in [4.78, 5) is 10.9. The summed E-state index contributed by atoms with van der Waals surface area (Å²) >= 11 is 0. The average Bonchev–Trinajstić information content (AvgIpc) is 2.37. The van der Waals surface area contributed by atoms with Gasteiger partial charge in [0.1, 0.15) is 6.26 Å². The van der Waals surface area contributed by atoms with Crippen LogP contribution in [0.3, 0.4) is 0 Å². The van der Waals surface area contributed by atoms with Gasteiger partial charge in [-0.2, -0.15) is 0 Å². The van der Waals surface area contributed by atoms with Crippen molar-refractivity contribution in [2.45, 2.75) is 39.0 Å². The summed E-state index contributed by atoms with van der Waals surface area (Å²) in [7, 11) is 3.34. The Kier molecular flexibility index (Phi) is 5.15. The normalized spacial score (nSPS) is 16.4. The van der Waals surface area contributed by atoms with Gasteiger partial charge in [0, 0.05) is 7.05 Å². The Balaban J connectivity index is 0.000000181. The topological polar surface area (TPSA) is 44.4 Å². The van der Waals surface area contributed by atoms with Crippen LogP contribution in [-0.2, 0) is 16.6 Å². The highest BCUT2D eigenvalue weighted by molar-refractivity contribution is 5.72. The van der Waals surface area contributed by atoms with E-state index in [1.165, 1.54) is 32.1 Å². The minimum absolute atomic E-state index is 0.0142. The largest absolute Gasteiger partial charge is 0.469 e.